The van der Waals surface area contributed by atoms with Crippen molar-refractivity contribution in [3.8, 4) is 11.1 Å². The summed E-state index contributed by atoms with van der Waals surface area (Å²) in [4.78, 5) is 38.3. The molecule has 43 heavy (non-hydrogen) atoms. The number of aliphatic hydroxyl groups excluding tert-OH is 1. The quantitative estimate of drug-likeness (QED) is 0.0968. The van der Waals surface area contributed by atoms with Gasteiger partial charge in [-0.2, -0.15) is 0 Å². The van der Waals surface area contributed by atoms with Gasteiger partial charge in [-0.15, -0.1) is 0 Å². The van der Waals surface area contributed by atoms with Crippen molar-refractivity contribution in [3.05, 3.63) is 77.4 Å². The highest BCUT2D eigenvalue weighted by Gasteiger charge is 2.30. The standard InChI is InChI=1S/C33H38IN5O4/c1-19-3-13-26(20(2)15-19)23-8-4-21(5-9-23)16-29(31(41)36-25-12-14-27-28(17-25)39-33(43)38-27)37-30(40)24-10-6-22(7-11-24)18-35-32(34)42/h3-5,8-9,12-15,17,22,24,29,33,38-39,43H,6-7,10-11,16,18H2,1-2H3,(H,35,42)(H,36,41)(H,37,40)/t22?,24?,29-,33?/m0/s1. The van der Waals surface area contributed by atoms with E-state index in [1.54, 1.807) is 40.8 Å². The van der Waals surface area contributed by atoms with Gasteiger partial charge in [-0.3, -0.25) is 14.4 Å². The third-order valence-electron chi connectivity index (χ3n) is 8.34. The van der Waals surface area contributed by atoms with Gasteiger partial charge in [-0.1, -0.05) is 48.0 Å². The zero-order valence-electron chi connectivity index (χ0n) is 24.4. The number of anilines is 3. The number of aryl methyl sites for hydroxylation is 2. The van der Waals surface area contributed by atoms with Crippen molar-refractivity contribution in [3.63, 3.8) is 0 Å². The summed E-state index contributed by atoms with van der Waals surface area (Å²) in [6.07, 6.45) is 2.61. The fourth-order valence-corrected chi connectivity index (χ4v) is 6.19. The van der Waals surface area contributed by atoms with Crippen LogP contribution < -0.4 is 26.6 Å². The zero-order chi connectivity index (χ0) is 30.5. The molecular weight excluding hydrogens is 657 g/mol. The lowest BCUT2D eigenvalue weighted by Gasteiger charge is -2.29. The predicted octanol–water partition coefficient (Wildman–Crippen LogP) is 5.70. The number of aliphatic hydroxyl groups is 1. The molecule has 0 bridgehead atoms. The number of fused-ring (bicyclic) bond motifs is 1. The van der Waals surface area contributed by atoms with Crippen molar-refractivity contribution in [1.82, 2.24) is 10.6 Å². The Morgan fingerprint density at radius 1 is 0.930 bits per heavy atom. The van der Waals surface area contributed by atoms with Crippen molar-refractivity contribution in [1.29, 1.82) is 0 Å². The Bertz CT molecular complexity index is 1490. The summed E-state index contributed by atoms with van der Waals surface area (Å²) in [5.41, 5.74) is 7.62. The number of rotatable bonds is 9. The van der Waals surface area contributed by atoms with Crippen molar-refractivity contribution in [2.24, 2.45) is 11.8 Å². The SMILES string of the molecule is Cc1ccc(-c2ccc(C[C@H](NC(=O)C3CCC(CNC(=O)I)CC3)C(=O)Nc3ccc4c(c3)NC(O)N4)cc2)c(C)c1. The highest BCUT2D eigenvalue weighted by atomic mass is 127. The summed E-state index contributed by atoms with van der Waals surface area (Å²) in [6.45, 7) is 4.81. The Labute approximate surface area is 265 Å². The normalized spacial score (nSPS) is 19.8. The van der Waals surface area contributed by atoms with E-state index >= 15 is 0 Å². The van der Waals surface area contributed by atoms with E-state index in [4.69, 9.17) is 0 Å². The molecule has 1 saturated carbocycles. The largest absolute Gasteiger partial charge is 0.357 e. The summed E-state index contributed by atoms with van der Waals surface area (Å²) >= 11 is 1.74. The van der Waals surface area contributed by atoms with Crippen molar-refractivity contribution < 1.29 is 19.5 Å². The molecule has 6 N–H and O–H groups in total. The van der Waals surface area contributed by atoms with E-state index in [1.165, 1.54) is 16.7 Å². The van der Waals surface area contributed by atoms with E-state index in [9.17, 15) is 19.5 Å². The molecule has 0 aromatic heterocycles. The first-order chi connectivity index (χ1) is 20.6. The van der Waals surface area contributed by atoms with Gasteiger partial charge < -0.3 is 31.7 Å². The van der Waals surface area contributed by atoms with Gasteiger partial charge in [-0.25, -0.2) is 0 Å². The average molecular weight is 696 g/mol. The number of amides is 3. The molecule has 1 unspecified atom stereocenters. The third-order valence-corrected chi connectivity index (χ3v) is 8.72. The van der Waals surface area contributed by atoms with E-state index in [-0.39, 0.29) is 21.6 Å². The van der Waals surface area contributed by atoms with Crippen LogP contribution in [0, 0.1) is 25.7 Å². The van der Waals surface area contributed by atoms with Gasteiger partial charge in [0.25, 0.3) is 3.91 Å². The van der Waals surface area contributed by atoms with Crippen LogP contribution in [0.25, 0.3) is 11.1 Å². The maximum absolute atomic E-state index is 13.6. The first-order valence-electron chi connectivity index (χ1n) is 14.7. The first kappa shape index (κ1) is 30.8. The second kappa shape index (κ2) is 13.8. The van der Waals surface area contributed by atoms with Crippen LogP contribution in [0.4, 0.5) is 21.9 Å². The molecule has 5 rings (SSSR count). The molecular formula is C33H38IN5O4. The maximum Gasteiger partial charge on any atom is 0.280 e. The Morgan fingerprint density at radius 2 is 1.65 bits per heavy atom. The molecule has 0 saturated heterocycles. The summed E-state index contributed by atoms with van der Waals surface area (Å²) in [5, 5.41) is 24.5. The highest BCUT2D eigenvalue weighted by Crippen LogP contribution is 2.32. The summed E-state index contributed by atoms with van der Waals surface area (Å²) in [7, 11) is 0. The Kier molecular flexibility index (Phi) is 9.86. The van der Waals surface area contributed by atoms with Gasteiger partial charge in [0.1, 0.15) is 6.04 Å². The second-order valence-corrected chi connectivity index (χ2v) is 12.6. The number of benzene rings is 3. The smallest absolute Gasteiger partial charge is 0.280 e. The highest BCUT2D eigenvalue weighted by molar-refractivity contribution is 14.1. The lowest BCUT2D eigenvalue weighted by molar-refractivity contribution is -0.130. The zero-order valence-corrected chi connectivity index (χ0v) is 26.5. The minimum atomic E-state index is -0.882. The van der Waals surface area contributed by atoms with Crippen LogP contribution in [0.3, 0.4) is 0 Å². The molecule has 1 aliphatic heterocycles. The van der Waals surface area contributed by atoms with E-state index in [0.717, 1.165) is 42.5 Å². The van der Waals surface area contributed by atoms with Crippen molar-refractivity contribution >= 4 is 55.4 Å². The molecule has 3 amide bonds. The average Bonchev–Trinajstić information content (AvgIpc) is 3.35. The molecule has 10 heteroatoms. The number of carbonyl (C=O) groups is 3. The summed E-state index contributed by atoms with van der Waals surface area (Å²) in [5.74, 6) is -0.243. The van der Waals surface area contributed by atoms with E-state index in [0.29, 0.717) is 30.3 Å². The van der Waals surface area contributed by atoms with Gasteiger partial charge >= 0.3 is 0 Å². The van der Waals surface area contributed by atoms with Gasteiger partial charge in [0, 0.05) is 47.2 Å². The number of carbonyl (C=O) groups excluding carboxylic acids is 3. The van der Waals surface area contributed by atoms with Crippen LogP contribution in [0.2, 0.25) is 0 Å². The van der Waals surface area contributed by atoms with Crippen molar-refractivity contribution in [2.45, 2.75) is 58.3 Å². The fourth-order valence-electron chi connectivity index (χ4n) is 5.97. The van der Waals surface area contributed by atoms with Crippen molar-refractivity contribution in [2.75, 3.05) is 22.5 Å². The van der Waals surface area contributed by atoms with E-state index < -0.39 is 12.4 Å². The minimum Gasteiger partial charge on any atom is -0.357 e. The van der Waals surface area contributed by atoms with Crippen LogP contribution in [0.1, 0.15) is 42.4 Å². The molecule has 0 spiro atoms. The molecule has 2 atom stereocenters. The molecule has 1 aliphatic carbocycles. The molecule has 0 radical (unpaired) electrons. The van der Waals surface area contributed by atoms with Crippen LogP contribution in [-0.4, -0.2) is 39.8 Å². The molecule has 3 aromatic carbocycles. The van der Waals surface area contributed by atoms with E-state index in [2.05, 4.69) is 70.8 Å². The summed E-state index contributed by atoms with van der Waals surface area (Å²) in [6, 6.07) is 19.1. The van der Waals surface area contributed by atoms with Crippen LogP contribution in [0.5, 0.6) is 0 Å². The van der Waals surface area contributed by atoms with E-state index in [1.807, 2.05) is 12.1 Å². The Balaban J connectivity index is 1.29. The maximum atomic E-state index is 13.6. The van der Waals surface area contributed by atoms with Crippen LogP contribution in [-0.2, 0) is 16.0 Å². The fraction of sp³-hybridized carbons (Fsp3) is 0.364. The molecule has 1 fully saturated rings. The Morgan fingerprint density at radius 3 is 2.35 bits per heavy atom. The van der Waals surface area contributed by atoms with Gasteiger partial charge in [0.05, 0.1) is 11.4 Å². The van der Waals surface area contributed by atoms with Crippen LogP contribution in [0.15, 0.2) is 60.7 Å². The number of hydrogen-bond donors (Lipinski definition) is 6. The van der Waals surface area contributed by atoms with Crippen LogP contribution >= 0.6 is 22.6 Å². The number of halogens is 1. The number of nitrogens with one attached hydrogen (secondary N) is 5. The lowest BCUT2D eigenvalue weighted by atomic mass is 9.81. The lowest BCUT2D eigenvalue weighted by Crippen LogP contribution is -2.48. The topological polar surface area (TPSA) is 132 Å². The van der Waals surface area contributed by atoms with Gasteiger partial charge in [0.15, 0.2) is 0 Å². The predicted molar refractivity (Wildman–Crippen MR) is 178 cm³/mol. The number of hydrogen-bond acceptors (Lipinski definition) is 6. The molecule has 9 nitrogen and oxygen atoms in total. The second-order valence-electron chi connectivity index (χ2n) is 11.6. The minimum absolute atomic E-state index is 0.0695. The molecule has 1 heterocycles. The monoisotopic (exact) mass is 695 g/mol. The third kappa shape index (κ3) is 8.05. The van der Waals surface area contributed by atoms with Gasteiger partial charge in [-0.05, 0) is 85.9 Å². The molecule has 3 aromatic rings. The van der Waals surface area contributed by atoms with Gasteiger partial charge in [0.2, 0.25) is 18.2 Å². The first-order valence-corrected chi connectivity index (χ1v) is 15.8. The molecule has 226 valence electrons. The summed E-state index contributed by atoms with van der Waals surface area (Å²) < 4.78 is -0.0695. The molecule has 2 aliphatic rings. The Hall–Kier alpha value is -3.64.